The summed E-state index contributed by atoms with van der Waals surface area (Å²) < 4.78 is 7.33. The van der Waals surface area contributed by atoms with Gasteiger partial charge < -0.3 is 4.74 Å². The van der Waals surface area contributed by atoms with E-state index in [9.17, 15) is 0 Å². The Hall–Kier alpha value is -0.540. The van der Waals surface area contributed by atoms with Crippen LogP contribution in [0.5, 0.6) is 0 Å². The molecule has 4 heteroatoms. The number of nitrogens with zero attached hydrogens (tertiary/aromatic N) is 2. The minimum Gasteiger partial charge on any atom is -0.375 e. The molecule has 0 bridgehead atoms. The maximum Gasteiger partial charge on any atom is 0.107 e. The highest BCUT2D eigenvalue weighted by molar-refractivity contribution is 6.31. The first-order chi connectivity index (χ1) is 7.19. The van der Waals surface area contributed by atoms with E-state index >= 15 is 0 Å². The first kappa shape index (κ1) is 12.5. The Morgan fingerprint density at radius 3 is 2.87 bits per heavy atom. The first-order valence-corrected chi connectivity index (χ1v) is 5.88. The molecule has 1 aromatic rings. The van der Waals surface area contributed by atoms with Crippen molar-refractivity contribution in [2.24, 2.45) is 0 Å². The Morgan fingerprint density at radius 2 is 2.27 bits per heavy atom. The number of hydrogen-bond acceptors (Lipinski definition) is 2. The van der Waals surface area contributed by atoms with Crippen LogP contribution in [0.4, 0.5) is 0 Å². The van der Waals surface area contributed by atoms with E-state index < -0.39 is 0 Å². The Balaban J connectivity index is 2.60. The summed E-state index contributed by atoms with van der Waals surface area (Å²) in [5, 5.41) is 5.11. The quantitative estimate of drug-likeness (QED) is 0.700. The van der Waals surface area contributed by atoms with Gasteiger partial charge in [0.2, 0.25) is 0 Å². The third-order valence-electron chi connectivity index (χ3n) is 2.39. The molecule has 0 aromatic carbocycles. The third kappa shape index (κ3) is 3.50. The van der Waals surface area contributed by atoms with Crippen LogP contribution in [-0.4, -0.2) is 16.4 Å². The molecule has 86 valence electrons. The molecule has 15 heavy (non-hydrogen) atoms. The lowest BCUT2D eigenvalue weighted by Gasteiger charge is -2.07. The predicted molar refractivity (Wildman–Crippen MR) is 62.2 cm³/mol. The Morgan fingerprint density at radius 1 is 1.53 bits per heavy atom. The van der Waals surface area contributed by atoms with Gasteiger partial charge >= 0.3 is 0 Å². The molecule has 1 aromatic heterocycles. The van der Waals surface area contributed by atoms with Crippen molar-refractivity contribution in [1.82, 2.24) is 9.78 Å². The molecule has 1 atom stereocenters. The van der Waals surface area contributed by atoms with Gasteiger partial charge in [0.05, 0.1) is 11.6 Å². The normalized spacial score (nSPS) is 13.1. The van der Waals surface area contributed by atoms with Gasteiger partial charge in [-0.15, -0.1) is 0 Å². The highest BCUT2D eigenvalue weighted by Gasteiger charge is 2.10. The third-order valence-corrected chi connectivity index (χ3v) is 2.70. The van der Waals surface area contributed by atoms with E-state index in [-0.39, 0.29) is 0 Å². The Bertz CT molecular complexity index is 299. The first-order valence-electron chi connectivity index (χ1n) is 5.50. The van der Waals surface area contributed by atoms with Crippen molar-refractivity contribution in [2.45, 2.75) is 46.3 Å². The molecule has 1 unspecified atom stereocenters. The van der Waals surface area contributed by atoms with Crippen LogP contribution in [0, 0.1) is 0 Å². The fourth-order valence-electron chi connectivity index (χ4n) is 1.23. The highest BCUT2D eigenvalue weighted by Crippen LogP contribution is 2.19. The second-order valence-electron chi connectivity index (χ2n) is 3.71. The van der Waals surface area contributed by atoms with Gasteiger partial charge in [0.1, 0.15) is 5.69 Å². The summed E-state index contributed by atoms with van der Waals surface area (Å²) in [6.45, 7) is 7.61. The van der Waals surface area contributed by atoms with E-state index in [4.69, 9.17) is 16.3 Å². The van der Waals surface area contributed by atoms with Crippen molar-refractivity contribution in [2.75, 3.05) is 6.61 Å². The monoisotopic (exact) mass is 230 g/mol. The molecular weight excluding hydrogens is 212 g/mol. The van der Waals surface area contributed by atoms with Crippen LogP contribution in [0.3, 0.4) is 0 Å². The molecule has 0 aliphatic carbocycles. The molecule has 0 aliphatic heterocycles. The Labute approximate surface area is 96.4 Å². The van der Waals surface area contributed by atoms with Crippen LogP contribution in [0.1, 0.15) is 45.3 Å². The van der Waals surface area contributed by atoms with Gasteiger partial charge in [-0.2, -0.15) is 5.10 Å². The zero-order chi connectivity index (χ0) is 11.3. The Kier molecular flexibility index (Phi) is 5.12. The number of rotatable bonds is 6. The van der Waals surface area contributed by atoms with E-state index in [2.05, 4.69) is 25.9 Å². The van der Waals surface area contributed by atoms with Crippen molar-refractivity contribution in [3.05, 3.63) is 16.9 Å². The molecular formula is C11H19ClN2O. The molecule has 1 rings (SSSR count). The summed E-state index contributed by atoms with van der Waals surface area (Å²) in [5.74, 6) is 0. The molecule has 0 aliphatic rings. The van der Waals surface area contributed by atoms with E-state index in [1.165, 1.54) is 0 Å². The van der Waals surface area contributed by atoms with Crippen molar-refractivity contribution < 1.29 is 4.74 Å². The van der Waals surface area contributed by atoms with E-state index in [0.29, 0.717) is 17.7 Å². The lowest BCUT2D eigenvalue weighted by molar-refractivity contribution is 0.118. The van der Waals surface area contributed by atoms with Crippen LogP contribution in [-0.2, 0) is 11.3 Å². The van der Waals surface area contributed by atoms with Gasteiger partial charge in [-0.1, -0.05) is 25.4 Å². The molecule has 0 saturated heterocycles. The smallest absolute Gasteiger partial charge is 0.107 e. The average Bonchev–Trinajstić information content (AvgIpc) is 2.60. The lowest BCUT2D eigenvalue weighted by atomic mass is 10.3. The zero-order valence-corrected chi connectivity index (χ0v) is 10.4. The molecule has 0 fully saturated rings. The molecule has 3 nitrogen and oxygen atoms in total. The number of aromatic nitrogens is 2. The van der Waals surface area contributed by atoms with Gasteiger partial charge in [0, 0.05) is 18.8 Å². The van der Waals surface area contributed by atoms with Crippen LogP contribution >= 0.6 is 11.6 Å². The number of ether oxygens (including phenoxy) is 1. The summed E-state index contributed by atoms with van der Waals surface area (Å²) in [6, 6.07) is 0.391. The van der Waals surface area contributed by atoms with E-state index in [0.717, 1.165) is 25.1 Å². The fraction of sp³-hybridized carbons (Fsp3) is 0.727. The molecule has 0 amide bonds. The van der Waals surface area contributed by atoms with Gasteiger partial charge in [-0.05, 0) is 19.8 Å². The number of halogens is 1. The largest absolute Gasteiger partial charge is 0.375 e. The standard InChI is InChI=1S/C11H19ClN2O/c1-4-6-15-8-11-10(12)7-14(13-11)9(3)5-2/h7,9H,4-6,8H2,1-3H3. The fourth-order valence-corrected chi connectivity index (χ4v) is 1.42. The summed E-state index contributed by atoms with van der Waals surface area (Å²) in [5.41, 5.74) is 0.838. The molecule has 0 spiro atoms. The molecule has 0 N–H and O–H groups in total. The second kappa shape index (κ2) is 6.13. The summed E-state index contributed by atoms with van der Waals surface area (Å²) in [7, 11) is 0. The van der Waals surface area contributed by atoms with E-state index in [1.54, 1.807) is 0 Å². The summed E-state index contributed by atoms with van der Waals surface area (Å²) >= 11 is 6.06. The maximum atomic E-state index is 6.06. The van der Waals surface area contributed by atoms with Gasteiger partial charge in [-0.25, -0.2) is 0 Å². The van der Waals surface area contributed by atoms with Crippen LogP contribution in [0.15, 0.2) is 6.20 Å². The van der Waals surface area contributed by atoms with Crippen LogP contribution in [0.2, 0.25) is 5.02 Å². The van der Waals surface area contributed by atoms with Crippen molar-refractivity contribution >= 4 is 11.6 Å². The molecule has 0 saturated carbocycles. The molecule has 1 heterocycles. The van der Waals surface area contributed by atoms with E-state index in [1.807, 2.05) is 10.9 Å². The van der Waals surface area contributed by atoms with Crippen LogP contribution in [0.25, 0.3) is 0 Å². The van der Waals surface area contributed by atoms with Crippen molar-refractivity contribution in [3.63, 3.8) is 0 Å². The molecule has 0 radical (unpaired) electrons. The summed E-state index contributed by atoms with van der Waals surface area (Å²) in [6.07, 6.45) is 3.94. The summed E-state index contributed by atoms with van der Waals surface area (Å²) in [4.78, 5) is 0. The van der Waals surface area contributed by atoms with Gasteiger partial charge in [0.25, 0.3) is 0 Å². The van der Waals surface area contributed by atoms with Crippen molar-refractivity contribution in [1.29, 1.82) is 0 Å². The maximum absolute atomic E-state index is 6.06. The predicted octanol–water partition coefficient (Wildman–Crippen LogP) is 3.43. The second-order valence-corrected chi connectivity index (χ2v) is 4.12. The SMILES string of the molecule is CCCOCc1nn(C(C)CC)cc1Cl. The lowest BCUT2D eigenvalue weighted by Crippen LogP contribution is -2.05. The topological polar surface area (TPSA) is 27.1 Å². The van der Waals surface area contributed by atoms with Gasteiger partial charge in [-0.3, -0.25) is 4.68 Å². The highest BCUT2D eigenvalue weighted by atomic mass is 35.5. The van der Waals surface area contributed by atoms with Crippen molar-refractivity contribution in [3.8, 4) is 0 Å². The minimum atomic E-state index is 0.391. The number of hydrogen-bond donors (Lipinski definition) is 0. The van der Waals surface area contributed by atoms with Crippen LogP contribution < -0.4 is 0 Å². The average molecular weight is 231 g/mol. The van der Waals surface area contributed by atoms with Gasteiger partial charge in [0.15, 0.2) is 0 Å². The zero-order valence-electron chi connectivity index (χ0n) is 9.66. The minimum absolute atomic E-state index is 0.391.